The Morgan fingerprint density at radius 3 is 2.47 bits per heavy atom. The number of amides is 2. The van der Waals surface area contributed by atoms with Crippen LogP contribution < -0.4 is 20.1 Å². The van der Waals surface area contributed by atoms with Gasteiger partial charge in [0.25, 0.3) is 5.91 Å². The van der Waals surface area contributed by atoms with Crippen LogP contribution >= 0.6 is 0 Å². The molecule has 0 saturated heterocycles. The lowest BCUT2D eigenvalue weighted by molar-refractivity contribution is -0.113. The highest BCUT2D eigenvalue weighted by molar-refractivity contribution is 7.91. The van der Waals surface area contributed by atoms with Crippen molar-refractivity contribution in [3.05, 3.63) is 89.0 Å². The molecule has 1 aliphatic rings. The van der Waals surface area contributed by atoms with E-state index in [2.05, 4.69) is 10.6 Å². The third-order valence-electron chi connectivity index (χ3n) is 5.15. The van der Waals surface area contributed by atoms with Crippen molar-refractivity contribution < 1.29 is 27.5 Å². The maximum atomic E-state index is 12.6. The molecule has 0 aliphatic carbocycles. The van der Waals surface area contributed by atoms with Crippen LogP contribution in [-0.2, 0) is 26.9 Å². The Morgan fingerprint density at radius 1 is 0.912 bits per heavy atom. The molecule has 3 aromatic carbocycles. The summed E-state index contributed by atoms with van der Waals surface area (Å²) >= 11 is 0. The Labute approximate surface area is 197 Å². The minimum Gasteiger partial charge on any atom is -0.454 e. The molecule has 9 heteroatoms. The maximum absolute atomic E-state index is 12.6. The summed E-state index contributed by atoms with van der Waals surface area (Å²) < 4.78 is 35.7. The molecule has 0 radical (unpaired) electrons. The van der Waals surface area contributed by atoms with E-state index in [1.54, 1.807) is 42.5 Å². The molecule has 2 N–H and O–H groups in total. The molecule has 1 heterocycles. The van der Waals surface area contributed by atoms with Crippen LogP contribution in [0, 0.1) is 6.92 Å². The second-order valence-electron chi connectivity index (χ2n) is 8.02. The number of hydrogen-bond donors (Lipinski definition) is 2. The molecule has 176 valence electrons. The zero-order chi connectivity index (χ0) is 24.1. The van der Waals surface area contributed by atoms with Crippen molar-refractivity contribution in [1.29, 1.82) is 0 Å². The van der Waals surface area contributed by atoms with Gasteiger partial charge in [0.2, 0.25) is 12.7 Å². The summed E-state index contributed by atoms with van der Waals surface area (Å²) in [5.74, 6) is -0.656. The van der Waals surface area contributed by atoms with Gasteiger partial charge in [0.15, 0.2) is 21.3 Å². The number of carbonyl (C=O) groups excluding carboxylic acids is 2. The molecule has 0 saturated carbocycles. The molecular weight excluding hydrogens is 456 g/mol. The van der Waals surface area contributed by atoms with E-state index in [1.165, 1.54) is 6.07 Å². The number of anilines is 1. The SMILES string of the molecule is Cc1ccc(NC(=O)CS(=O)(=O)Cc2cccc(C(=O)NCc3ccc4c(c3)OCO4)c2)cc1. The normalized spacial score (nSPS) is 12.3. The van der Waals surface area contributed by atoms with Crippen molar-refractivity contribution in [2.24, 2.45) is 0 Å². The summed E-state index contributed by atoms with van der Waals surface area (Å²) in [5.41, 5.74) is 3.17. The minimum absolute atomic E-state index is 0.175. The van der Waals surface area contributed by atoms with Crippen LogP contribution in [0.2, 0.25) is 0 Å². The van der Waals surface area contributed by atoms with Gasteiger partial charge in [-0.3, -0.25) is 9.59 Å². The van der Waals surface area contributed by atoms with Crippen LogP contribution in [-0.4, -0.2) is 32.8 Å². The van der Waals surface area contributed by atoms with Gasteiger partial charge in [-0.2, -0.15) is 0 Å². The Kier molecular flexibility index (Phi) is 6.83. The van der Waals surface area contributed by atoms with E-state index < -0.39 is 21.5 Å². The standard InChI is InChI=1S/C25H24N2O6S/c1-17-5-8-21(9-6-17)27-24(28)15-34(30,31)14-19-3-2-4-20(11-19)25(29)26-13-18-7-10-22-23(12-18)33-16-32-22/h2-12H,13-16H2,1H3,(H,26,29)(H,27,28). The van der Waals surface area contributed by atoms with Gasteiger partial charge in [-0.15, -0.1) is 0 Å². The Bertz CT molecular complexity index is 1320. The van der Waals surface area contributed by atoms with E-state index in [9.17, 15) is 18.0 Å². The molecule has 0 spiro atoms. The van der Waals surface area contributed by atoms with Crippen LogP contribution in [0.5, 0.6) is 11.5 Å². The number of nitrogens with one attached hydrogen (secondary N) is 2. The molecular formula is C25H24N2O6S. The lowest BCUT2D eigenvalue weighted by Gasteiger charge is -2.09. The van der Waals surface area contributed by atoms with Gasteiger partial charge < -0.3 is 20.1 Å². The van der Waals surface area contributed by atoms with Crippen molar-refractivity contribution in [1.82, 2.24) is 5.32 Å². The largest absolute Gasteiger partial charge is 0.454 e. The number of ether oxygens (including phenoxy) is 2. The van der Waals surface area contributed by atoms with E-state index in [1.807, 2.05) is 25.1 Å². The number of fused-ring (bicyclic) bond motifs is 1. The highest BCUT2D eigenvalue weighted by Gasteiger charge is 2.19. The van der Waals surface area contributed by atoms with Crippen LogP contribution in [0.15, 0.2) is 66.7 Å². The molecule has 4 rings (SSSR count). The van der Waals surface area contributed by atoms with Gasteiger partial charge in [-0.1, -0.05) is 35.9 Å². The predicted octanol–water partition coefficient (Wildman–Crippen LogP) is 3.21. The summed E-state index contributed by atoms with van der Waals surface area (Å²) in [6.07, 6.45) is 0. The molecule has 2 amide bonds. The first-order chi connectivity index (χ1) is 16.3. The fourth-order valence-corrected chi connectivity index (χ4v) is 4.74. The Hall–Kier alpha value is -3.85. The van der Waals surface area contributed by atoms with Crippen molar-refractivity contribution in [3.63, 3.8) is 0 Å². The van der Waals surface area contributed by atoms with Gasteiger partial charge in [-0.25, -0.2) is 8.42 Å². The van der Waals surface area contributed by atoms with E-state index in [-0.39, 0.29) is 25.0 Å². The summed E-state index contributed by atoms with van der Waals surface area (Å²) in [4.78, 5) is 24.8. The zero-order valence-corrected chi connectivity index (χ0v) is 19.4. The second kappa shape index (κ2) is 9.96. The molecule has 0 fully saturated rings. The number of aryl methyl sites for hydroxylation is 1. The topological polar surface area (TPSA) is 111 Å². The Morgan fingerprint density at radius 2 is 1.68 bits per heavy atom. The third kappa shape index (κ3) is 6.14. The average Bonchev–Trinajstić information content (AvgIpc) is 3.26. The van der Waals surface area contributed by atoms with Crippen LogP contribution in [0.25, 0.3) is 0 Å². The van der Waals surface area contributed by atoms with E-state index in [4.69, 9.17) is 9.47 Å². The monoisotopic (exact) mass is 480 g/mol. The predicted molar refractivity (Wildman–Crippen MR) is 127 cm³/mol. The minimum atomic E-state index is -3.74. The highest BCUT2D eigenvalue weighted by atomic mass is 32.2. The average molecular weight is 481 g/mol. The smallest absolute Gasteiger partial charge is 0.251 e. The van der Waals surface area contributed by atoms with Crippen LogP contribution in [0.1, 0.15) is 27.0 Å². The van der Waals surface area contributed by atoms with Gasteiger partial charge in [0, 0.05) is 17.8 Å². The first-order valence-electron chi connectivity index (χ1n) is 10.6. The van der Waals surface area contributed by atoms with E-state index in [0.29, 0.717) is 28.3 Å². The first-order valence-corrected chi connectivity index (χ1v) is 12.4. The Balaban J connectivity index is 1.34. The molecule has 3 aromatic rings. The molecule has 0 atom stereocenters. The summed E-state index contributed by atoms with van der Waals surface area (Å²) in [5, 5.41) is 5.40. The first kappa shape index (κ1) is 23.3. The lowest BCUT2D eigenvalue weighted by Crippen LogP contribution is -2.24. The summed E-state index contributed by atoms with van der Waals surface area (Å²) in [6, 6.07) is 18.9. The van der Waals surface area contributed by atoms with Crippen molar-refractivity contribution in [3.8, 4) is 11.5 Å². The third-order valence-corrected chi connectivity index (χ3v) is 6.63. The van der Waals surface area contributed by atoms with Crippen molar-refractivity contribution in [2.45, 2.75) is 19.2 Å². The van der Waals surface area contributed by atoms with Gasteiger partial charge in [0.1, 0.15) is 5.75 Å². The fourth-order valence-electron chi connectivity index (χ4n) is 3.48. The van der Waals surface area contributed by atoms with Crippen LogP contribution in [0.3, 0.4) is 0 Å². The number of sulfone groups is 1. The van der Waals surface area contributed by atoms with E-state index >= 15 is 0 Å². The molecule has 0 bridgehead atoms. The second-order valence-corrected chi connectivity index (χ2v) is 10.1. The van der Waals surface area contributed by atoms with Crippen molar-refractivity contribution in [2.75, 3.05) is 17.9 Å². The lowest BCUT2D eigenvalue weighted by atomic mass is 10.1. The van der Waals surface area contributed by atoms with Gasteiger partial charge in [0.05, 0.1) is 5.75 Å². The summed E-state index contributed by atoms with van der Waals surface area (Å²) in [6.45, 7) is 2.37. The summed E-state index contributed by atoms with van der Waals surface area (Å²) in [7, 11) is -3.74. The van der Waals surface area contributed by atoms with E-state index in [0.717, 1.165) is 11.1 Å². The molecule has 0 unspecified atom stereocenters. The highest BCUT2D eigenvalue weighted by Crippen LogP contribution is 2.32. The molecule has 0 aromatic heterocycles. The quantitative estimate of drug-likeness (QED) is 0.512. The molecule has 34 heavy (non-hydrogen) atoms. The van der Waals surface area contributed by atoms with Crippen LogP contribution in [0.4, 0.5) is 5.69 Å². The zero-order valence-electron chi connectivity index (χ0n) is 18.5. The number of benzene rings is 3. The van der Waals surface area contributed by atoms with Crippen molar-refractivity contribution >= 4 is 27.3 Å². The van der Waals surface area contributed by atoms with Gasteiger partial charge in [-0.05, 0) is 54.4 Å². The molecule has 1 aliphatic heterocycles. The van der Waals surface area contributed by atoms with Gasteiger partial charge >= 0.3 is 0 Å². The number of carbonyl (C=O) groups is 2. The number of hydrogen-bond acceptors (Lipinski definition) is 6. The number of rotatable bonds is 8. The molecule has 8 nitrogen and oxygen atoms in total. The maximum Gasteiger partial charge on any atom is 0.251 e. The fraction of sp³-hybridized carbons (Fsp3) is 0.200.